The van der Waals surface area contributed by atoms with Gasteiger partial charge in [0.1, 0.15) is 11.4 Å². The number of carbonyl (C=O) groups excluding carboxylic acids is 1. The summed E-state index contributed by atoms with van der Waals surface area (Å²) in [6.45, 7) is 5.33. The van der Waals surface area contributed by atoms with Crippen LogP contribution in [0.5, 0.6) is 5.75 Å². The second-order valence-electron chi connectivity index (χ2n) is 4.47. The number of hydrogen-bond acceptors (Lipinski definition) is 3. The Morgan fingerprint density at radius 2 is 1.94 bits per heavy atom. The van der Waals surface area contributed by atoms with Gasteiger partial charge in [-0.3, -0.25) is 4.79 Å². The fraction of sp³-hybridized carbons (Fsp3) is 0.462. The molecule has 1 aromatic carbocycles. The van der Waals surface area contributed by atoms with Crippen LogP contribution in [-0.2, 0) is 9.53 Å². The molecule has 0 aliphatic heterocycles. The minimum absolute atomic E-state index is 0.214. The molecule has 1 amide bonds. The van der Waals surface area contributed by atoms with Crippen LogP contribution >= 0.6 is 15.9 Å². The van der Waals surface area contributed by atoms with Crippen LogP contribution in [0.4, 0.5) is 5.69 Å². The van der Waals surface area contributed by atoms with Gasteiger partial charge in [0, 0.05) is 11.6 Å². The Kier molecular flexibility index (Phi) is 4.76. The monoisotopic (exact) mass is 315 g/mol. The average Bonchev–Trinajstić information content (AvgIpc) is 2.31. The summed E-state index contributed by atoms with van der Waals surface area (Å²) in [5, 5.41) is 2.84. The molecule has 1 N–H and O–H groups in total. The summed E-state index contributed by atoms with van der Waals surface area (Å²) < 4.78 is 11.3. The molecule has 0 aliphatic carbocycles. The van der Waals surface area contributed by atoms with Gasteiger partial charge in [-0.05, 0) is 38.5 Å². The molecule has 18 heavy (non-hydrogen) atoms. The normalized spacial score (nSPS) is 11.2. The lowest BCUT2D eigenvalue weighted by atomic mass is 10.1. The van der Waals surface area contributed by atoms with Crippen LogP contribution in [0.15, 0.2) is 16.6 Å². The van der Waals surface area contributed by atoms with Crippen LogP contribution in [0.25, 0.3) is 0 Å². The van der Waals surface area contributed by atoms with Crippen LogP contribution in [0.2, 0.25) is 0 Å². The zero-order valence-corrected chi connectivity index (χ0v) is 12.8. The van der Waals surface area contributed by atoms with Crippen molar-refractivity contribution in [3.8, 4) is 5.75 Å². The van der Waals surface area contributed by atoms with E-state index < -0.39 is 5.60 Å². The van der Waals surface area contributed by atoms with E-state index in [1.54, 1.807) is 21.0 Å². The maximum Gasteiger partial charge on any atom is 0.256 e. The van der Waals surface area contributed by atoms with Gasteiger partial charge in [0.25, 0.3) is 5.91 Å². The lowest BCUT2D eigenvalue weighted by molar-refractivity contribution is -0.133. The van der Waals surface area contributed by atoms with Crippen molar-refractivity contribution in [2.45, 2.75) is 26.4 Å². The summed E-state index contributed by atoms with van der Waals surface area (Å²) in [5.41, 5.74) is 0.696. The van der Waals surface area contributed by atoms with Crippen molar-refractivity contribution in [1.29, 1.82) is 0 Å². The van der Waals surface area contributed by atoms with E-state index in [2.05, 4.69) is 21.2 Å². The lowest BCUT2D eigenvalue weighted by Gasteiger charge is -2.23. The van der Waals surface area contributed by atoms with Gasteiger partial charge in [0.05, 0.1) is 12.8 Å². The fourth-order valence-corrected chi connectivity index (χ4v) is 1.94. The van der Waals surface area contributed by atoms with E-state index in [0.29, 0.717) is 11.4 Å². The van der Waals surface area contributed by atoms with Gasteiger partial charge in [0.15, 0.2) is 0 Å². The molecular weight excluding hydrogens is 298 g/mol. The predicted octanol–water partition coefficient (Wildman–Crippen LogP) is 3.13. The Morgan fingerprint density at radius 1 is 1.33 bits per heavy atom. The number of benzene rings is 1. The zero-order valence-electron chi connectivity index (χ0n) is 11.3. The minimum atomic E-state index is -0.884. The van der Waals surface area contributed by atoms with Crippen molar-refractivity contribution < 1.29 is 14.3 Å². The van der Waals surface area contributed by atoms with E-state index >= 15 is 0 Å². The number of rotatable bonds is 4. The van der Waals surface area contributed by atoms with E-state index in [1.807, 2.05) is 19.1 Å². The van der Waals surface area contributed by atoms with Crippen molar-refractivity contribution in [1.82, 2.24) is 0 Å². The number of nitrogens with one attached hydrogen (secondary N) is 1. The van der Waals surface area contributed by atoms with Gasteiger partial charge in [-0.1, -0.05) is 15.9 Å². The Balaban J connectivity index is 3.08. The Morgan fingerprint density at radius 3 is 2.44 bits per heavy atom. The van der Waals surface area contributed by atoms with Crippen molar-refractivity contribution in [2.24, 2.45) is 0 Å². The number of aryl methyl sites for hydroxylation is 1. The molecule has 0 aliphatic rings. The number of hydrogen-bond donors (Lipinski definition) is 1. The van der Waals surface area contributed by atoms with Crippen LogP contribution in [-0.4, -0.2) is 25.7 Å². The summed E-state index contributed by atoms with van der Waals surface area (Å²) in [6.07, 6.45) is 0. The minimum Gasteiger partial charge on any atom is -0.495 e. The summed E-state index contributed by atoms with van der Waals surface area (Å²) in [5.74, 6) is 0.399. The molecule has 0 bridgehead atoms. The molecule has 1 aromatic rings. The number of carbonyl (C=O) groups is 1. The maximum atomic E-state index is 12.1. The first-order chi connectivity index (χ1) is 8.31. The molecule has 0 heterocycles. The molecule has 0 radical (unpaired) electrons. The Labute approximate surface area is 116 Å². The van der Waals surface area contributed by atoms with Crippen LogP contribution in [0.3, 0.4) is 0 Å². The first kappa shape index (κ1) is 15.0. The third-order valence-electron chi connectivity index (χ3n) is 2.78. The number of halogens is 1. The first-order valence-electron chi connectivity index (χ1n) is 5.52. The summed E-state index contributed by atoms with van der Waals surface area (Å²) in [6, 6.07) is 3.72. The van der Waals surface area contributed by atoms with E-state index in [0.717, 1.165) is 10.0 Å². The highest BCUT2D eigenvalue weighted by molar-refractivity contribution is 9.10. The largest absolute Gasteiger partial charge is 0.495 e. The standard InChI is InChI=1S/C13H18BrNO3/c1-8-6-9(14)7-10(17-4)11(8)15-12(16)13(2,3)18-5/h6-7H,1-5H3,(H,15,16). The number of ether oxygens (including phenoxy) is 2. The molecule has 0 spiro atoms. The molecule has 0 atom stereocenters. The zero-order chi connectivity index (χ0) is 13.9. The first-order valence-corrected chi connectivity index (χ1v) is 6.32. The van der Waals surface area contributed by atoms with E-state index in [4.69, 9.17) is 9.47 Å². The fourth-order valence-electron chi connectivity index (χ4n) is 1.39. The number of methoxy groups -OCH3 is 2. The number of amides is 1. The maximum absolute atomic E-state index is 12.1. The SMILES string of the molecule is COc1cc(Br)cc(C)c1NC(=O)C(C)(C)OC. The van der Waals surface area contributed by atoms with Gasteiger partial charge >= 0.3 is 0 Å². The van der Waals surface area contributed by atoms with E-state index in [-0.39, 0.29) is 5.91 Å². The smallest absolute Gasteiger partial charge is 0.256 e. The molecule has 0 fully saturated rings. The molecule has 1 rings (SSSR count). The molecular formula is C13H18BrNO3. The van der Waals surface area contributed by atoms with Crippen molar-refractivity contribution in [3.63, 3.8) is 0 Å². The van der Waals surface area contributed by atoms with Crippen LogP contribution in [0.1, 0.15) is 19.4 Å². The van der Waals surface area contributed by atoms with Gasteiger partial charge in [-0.2, -0.15) is 0 Å². The number of anilines is 1. The second kappa shape index (κ2) is 5.71. The topological polar surface area (TPSA) is 47.6 Å². The highest BCUT2D eigenvalue weighted by Crippen LogP contribution is 2.32. The second-order valence-corrected chi connectivity index (χ2v) is 5.38. The van der Waals surface area contributed by atoms with Crippen molar-refractivity contribution in [3.05, 3.63) is 22.2 Å². The molecule has 5 heteroatoms. The van der Waals surface area contributed by atoms with Crippen LogP contribution in [0, 0.1) is 6.92 Å². The third kappa shape index (κ3) is 3.23. The van der Waals surface area contributed by atoms with Gasteiger partial charge in [0.2, 0.25) is 0 Å². The molecule has 0 aromatic heterocycles. The summed E-state index contributed by atoms with van der Waals surface area (Å²) in [7, 11) is 3.07. The van der Waals surface area contributed by atoms with Crippen LogP contribution < -0.4 is 10.1 Å². The van der Waals surface area contributed by atoms with Gasteiger partial charge in [-0.25, -0.2) is 0 Å². The van der Waals surface area contributed by atoms with Gasteiger partial charge < -0.3 is 14.8 Å². The lowest BCUT2D eigenvalue weighted by Crippen LogP contribution is -2.39. The molecule has 0 saturated heterocycles. The molecule has 0 saturated carbocycles. The van der Waals surface area contributed by atoms with E-state index in [9.17, 15) is 4.79 Å². The quantitative estimate of drug-likeness (QED) is 0.928. The Hall–Kier alpha value is -1.07. The van der Waals surface area contributed by atoms with E-state index in [1.165, 1.54) is 7.11 Å². The van der Waals surface area contributed by atoms with Gasteiger partial charge in [-0.15, -0.1) is 0 Å². The predicted molar refractivity (Wildman–Crippen MR) is 75.1 cm³/mol. The molecule has 100 valence electrons. The summed E-state index contributed by atoms with van der Waals surface area (Å²) >= 11 is 3.39. The summed E-state index contributed by atoms with van der Waals surface area (Å²) in [4.78, 5) is 12.1. The average molecular weight is 316 g/mol. The Bertz CT molecular complexity index is 458. The third-order valence-corrected chi connectivity index (χ3v) is 3.24. The molecule has 4 nitrogen and oxygen atoms in total. The molecule has 0 unspecified atom stereocenters. The highest BCUT2D eigenvalue weighted by Gasteiger charge is 2.28. The van der Waals surface area contributed by atoms with Crippen molar-refractivity contribution in [2.75, 3.05) is 19.5 Å². The van der Waals surface area contributed by atoms with Crippen molar-refractivity contribution >= 4 is 27.5 Å². The highest BCUT2D eigenvalue weighted by atomic mass is 79.9.